The number of carbonyl (C=O) groups is 2. The molecule has 0 bridgehead atoms. The predicted octanol–water partition coefficient (Wildman–Crippen LogP) is 0.997. The number of rotatable bonds is 5. The first kappa shape index (κ1) is 15.3. The highest BCUT2D eigenvalue weighted by atomic mass is 32.2. The zero-order chi connectivity index (χ0) is 12.8. The van der Waals surface area contributed by atoms with E-state index in [9.17, 15) is 9.59 Å². The quantitative estimate of drug-likeness (QED) is 0.414. The van der Waals surface area contributed by atoms with Crippen molar-refractivity contribution >= 4 is 22.8 Å². The fourth-order valence-electron chi connectivity index (χ4n) is 0.784. The minimum absolute atomic E-state index is 0.0438. The van der Waals surface area contributed by atoms with Crippen molar-refractivity contribution in [1.29, 1.82) is 0 Å². The molecule has 94 valence electrons. The zero-order valence-corrected chi connectivity index (χ0v) is 11.5. The maximum atomic E-state index is 11.3. The van der Waals surface area contributed by atoms with E-state index in [1.165, 1.54) is 0 Å². The molecule has 16 heavy (non-hydrogen) atoms. The summed E-state index contributed by atoms with van der Waals surface area (Å²) >= 11 is 0. The lowest BCUT2D eigenvalue weighted by Gasteiger charge is -2.16. The monoisotopic (exact) mass is 249 g/mol. The van der Waals surface area contributed by atoms with Gasteiger partial charge in [-0.1, -0.05) is 0 Å². The largest absolute Gasteiger partial charge is 0.462 e. The Bertz CT molecular complexity index is 243. The first-order valence-electron chi connectivity index (χ1n) is 5.10. The summed E-state index contributed by atoms with van der Waals surface area (Å²) in [6.07, 6.45) is 3.95. The van der Waals surface area contributed by atoms with Crippen LogP contribution in [0, 0.1) is 5.41 Å². The van der Waals surface area contributed by atoms with Crippen LogP contribution in [0.25, 0.3) is 0 Å². The Hall–Kier alpha value is -0.710. The molecule has 0 N–H and O–H groups in total. The number of hydrogen-bond donors (Lipinski definition) is 0. The molecule has 0 spiro atoms. The van der Waals surface area contributed by atoms with E-state index in [2.05, 4.69) is 0 Å². The van der Waals surface area contributed by atoms with Crippen LogP contribution in [-0.2, 0) is 30.0 Å². The fourth-order valence-corrected chi connectivity index (χ4v) is 1.34. The molecule has 0 saturated heterocycles. The van der Waals surface area contributed by atoms with Crippen molar-refractivity contribution in [1.82, 2.24) is 0 Å². The summed E-state index contributed by atoms with van der Waals surface area (Å²) < 4.78 is 9.85. The van der Waals surface area contributed by atoms with E-state index in [4.69, 9.17) is 9.47 Å². The molecule has 0 fully saturated rings. The Morgan fingerprint density at radius 3 is 2.00 bits per heavy atom. The fraction of sp³-hybridized carbons (Fsp3) is 0.818. The normalized spacial score (nSPS) is 11.4. The lowest BCUT2D eigenvalue weighted by Crippen LogP contribution is -2.25. The van der Waals surface area contributed by atoms with Gasteiger partial charge in [0.05, 0.1) is 17.9 Å². The van der Waals surface area contributed by atoms with Crippen molar-refractivity contribution in [3.05, 3.63) is 0 Å². The first-order chi connectivity index (χ1) is 7.23. The molecule has 0 radical (unpaired) electrons. The second-order valence-electron chi connectivity index (χ2n) is 4.74. The minimum Gasteiger partial charge on any atom is -0.462 e. The minimum atomic E-state index is -0.511. The number of hydrogen-bond acceptors (Lipinski definition) is 4. The van der Waals surface area contributed by atoms with Crippen LogP contribution < -0.4 is 0 Å². The van der Waals surface area contributed by atoms with Gasteiger partial charge in [-0.15, -0.1) is 0 Å². The summed E-state index contributed by atoms with van der Waals surface area (Å²) in [6.45, 7) is 5.60. The van der Waals surface area contributed by atoms with Crippen LogP contribution in [0.2, 0.25) is 0 Å². The van der Waals surface area contributed by atoms with E-state index in [0.29, 0.717) is 5.75 Å². The van der Waals surface area contributed by atoms with Gasteiger partial charge in [0.1, 0.15) is 13.2 Å². The molecule has 0 aromatic carbocycles. The van der Waals surface area contributed by atoms with E-state index in [1.54, 1.807) is 20.8 Å². The van der Waals surface area contributed by atoms with Gasteiger partial charge < -0.3 is 9.47 Å². The van der Waals surface area contributed by atoms with Gasteiger partial charge in [-0.3, -0.25) is 4.79 Å². The second kappa shape index (κ2) is 6.78. The molecule has 0 rings (SSSR count). The van der Waals surface area contributed by atoms with Gasteiger partial charge >= 0.3 is 11.9 Å². The van der Waals surface area contributed by atoms with Gasteiger partial charge in [0, 0.05) is 0 Å². The number of esters is 2. The summed E-state index contributed by atoms with van der Waals surface area (Å²) in [7, 11) is 0.0438. The van der Waals surface area contributed by atoms with Gasteiger partial charge in [0.2, 0.25) is 5.75 Å². The Labute approximate surface area is 100 Å². The molecule has 0 aliphatic rings. The van der Waals surface area contributed by atoms with Gasteiger partial charge in [-0.25, -0.2) is 4.79 Å². The van der Waals surface area contributed by atoms with Crippen LogP contribution in [0.15, 0.2) is 0 Å². The summed E-state index contributed by atoms with van der Waals surface area (Å²) in [5, 5.41) is 0. The molecule has 0 aliphatic heterocycles. The van der Waals surface area contributed by atoms with Crippen molar-refractivity contribution in [2.75, 3.05) is 31.5 Å². The second-order valence-corrected chi connectivity index (χ2v) is 7.00. The molecule has 0 aromatic rings. The zero-order valence-electron chi connectivity index (χ0n) is 10.7. The van der Waals surface area contributed by atoms with Crippen molar-refractivity contribution in [2.45, 2.75) is 20.8 Å². The van der Waals surface area contributed by atoms with Gasteiger partial charge in [-0.2, -0.15) is 0 Å². The van der Waals surface area contributed by atoms with Crippen LogP contribution >= 0.6 is 0 Å². The molecule has 0 aromatic heterocycles. The maximum Gasteiger partial charge on any atom is 0.356 e. The van der Waals surface area contributed by atoms with E-state index in [0.717, 1.165) is 0 Å². The lowest BCUT2D eigenvalue weighted by molar-refractivity contribution is -0.157. The van der Waals surface area contributed by atoms with Crippen LogP contribution in [-0.4, -0.2) is 43.4 Å². The van der Waals surface area contributed by atoms with Gasteiger partial charge in [0.25, 0.3) is 0 Å². The molecular weight excluding hydrogens is 228 g/mol. The number of carbonyl (C=O) groups excluding carboxylic acids is 2. The topological polar surface area (TPSA) is 52.6 Å². The SMILES string of the molecule is C[S+](C)CC(=O)OCCOC(=O)C(C)(C)C. The highest BCUT2D eigenvalue weighted by Crippen LogP contribution is 2.14. The Morgan fingerprint density at radius 1 is 1.06 bits per heavy atom. The smallest absolute Gasteiger partial charge is 0.356 e. The molecule has 0 aliphatic carbocycles. The number of ether oxygens (including phenoxy) is 2. The van der Waals surface area contributed by atoms with Crippen LogP contribution in [0.3, 0.4) is 0 Å². The van der Waals surface area contributed by atoms with Crippen LogP contribution in [0.1, 0.15) is 20.8 Å². The van der Waals surface area contributed by atoms with Crippen molar-refractivity contribution in [3.8, 4) is 0 Å². The van der Waals surface area contributed by atoms with Gasteiger partial charge in [-0.05, 0) is 31.7 Å². The molecule has 0 unspecified atom stereocenters. The average molecular weight is 249 g/mol. The molecule has 4 nitrogen and oxygen atoms in total. The molecule has 5 heteroatoms. The summed E-state index contributed by atoms with van der Waals surface area (Å²) in [4.78, 5) is 22.5. The highest BCUT2D eigenvalue weighted by molar-refractivity contribution is 7.96. The van der Waals surface area contributed by atoms with Crippen LogP contribution in [0.5, 0.6) is 0 Å². The van der Waals surface area contributed by atoms with E-state index >= 15 is 0 Å². The summed E-state index contributed by atoms with van der Waals surface area (Å²) in [6, 6.07) is 0. The van der Waals surface area contributed by atoms with E-state index < -0.39 is 5.41 Å². The van der Waals surface area contributed by atoms with Gasteiger partial charge in [0.15, 0.2) is 0 Å². The molecule has 0 amide bonds. The van der Waals surface area contributed by atoms with Crippen molar-refractivity contribution in [2.24, 2.45) is 5.41 Å². The lowest BCUT2D eigenvalue weighted by atomic mass is 9.97. The summed E-state index contributed by atoms with van der Waals surface area (Å²) in [5.74, 6) is -0.0952. The van der Waals surface area contributed by atoms with E-state index in [1.807, 2.05) is 12.5 Å². The Balaban J connectivity index is 3.62. The molecule has 0 atom stereocenters. The third-order valence-electron chi connectivity index (χ3n) is 1.60. The molecular formula is C11H21O4S+. The summed E-state index contributed by atoms with van der Waals surface area (Å²) in [5.41, 5.74) is -0.511. The molecule has 0 heterocycles. The van der Waals surface area contributed by atoms with Crippen molar-refractivity contribution in [3.63, 3.8) is 0 Å². The highest BCUT2D eigenvalue weighted by Gasteiger charge is 2.23. The van der Waals surface area contributed by atoms with E-state index in [-0.39, 0.29) is 36.0 Å². The third kappa shape index (κ3) is 7.56. The Morgan fingerprint density at radius 2 is 1.56 bits per heavy atom. The third-order valence-corrected chi connectivity index (χ3v) is 2.41. The first-order valence-corrected chi connectivity index (χ1v) is 7.31. The molecule has 0 saturated carbocycles. The standard InChI is InChI=1S/C11H21O4S/c1-11(2,3)10(13)15-7-6-14-9(12)8-16(4)5/h6-8H2,1-5H3/q+1. The predicted molar refractivity (Wildman–Crippen MR) is 65.5 cm³/mol. The average Bonchev–Trinajstić information content (AvgIpc) is 2.09. The van der Waals surface area contributed by atoms with Crippen LogP contribution in [0.4, 0.5) is 0 Å². The van der Waals surface area contributed by atoms with Crippen molar-refractivity contribution < 1.29 is 19.1 Å². The Kier molecular flexibility index (Phi) is 6.48. The maximum absolute atomic E-state index is 11.3.